The first-order valence-corrected chi connectivity index (χ1v) is 7.66. The van der Waals surface area contributed by atoms with Crippen molar-refractivity contribution in [3.05, 3.63) is 18.2 Å². The minimum Gasteiger partial charge on any atom is -0.481 e. The number of aliphatic carboxylic acids is 1. The molecule has 110 valence electrons. The summed E-state index contributed by atoms with van der Waals surface area (Å²) in [6.45, 7) is 4.87. The fourth-order valence-corrected chi connectivity index (χ4v) is 3.77. The Morgan fingerprint density at radius 1 is 1.45 bits per heavy atom. The largest absolute Gasteiger partial charge is 0.481 e. The first-order chi connectivity index (χ1) is 9.69. The van der Waals surface area contributed by atoms with Gasteiger partial charge < -0.3 is 9.67 Å². The Morgan fingerprint density at radius 2 is 2.30 bits per heavy atom. The zero-order valence-corrected chi connectivity index (χ0v) is 12.0. The van der Waals surface area contributed by atoms with Crippen LogP contribution in [0.4, 0.5) is 0 Å². The molecule has 0 amide bonds. The number of hydrogen-bond acceptors (Lipinski definition) is 3. The average Bonchev–Trinajstić information content (AvgIpc) is 2.93. The predicted octanol–water partition coefficient (Wildman–Crippen LogP) is 1.98. The molecule has 20 heavy (non-hydrogen) atoms. The molecule has 1 aliphatic carbocycles. The molecular weight excluding hydrogens is 254 g/mol. The van der Waals surface area contributed by atoms with Crippen molar-refractivity contribution in [2.75, 3.05) is 6.54 Å². The van der Waals surface area contributed by atoms with Gasteiger partial charge in [-0.3, -0.25) is 9.69 Å². The van der Waals surface area contributed by atoms with Crippen molar-refractivity contribution < 1.29 is 9.90 Å². The molecule has 1 aromatic heterocycles. The molecule has 0 bridgehead atoms. The van der Waals surface area contributed by atoms with Gasteiger partial charge in [0.1, 0.15) is 5.82 Å². The quantitative estimate of drug-likeness (QED) is 0.918. The van der Waals surface area contributed by atoms with E-state index in [4.69, 9.17) is 0 Å². The molecular formula is C15H23N3O2. The highest BCUT2D eigenvalue weighted by molar-refractivity contribution is 5.71. The lowest BCUT2D eigenvalue weighted by atomic mass is 9.76. The van der Waals surface area contributed by atoms with E-state index >= 15 is 0 Å². The SMILES string of the molecule is CCC1CCC(C(=O)O)C(N2CCn3ccnc3C2)C1. The summed E-state index contributed by atoms with van der Waals surface area (Å²) in [5, 5.41) is 9.51. The van der Waals surface area contributed by atoms with Crippen molar-refractivity contribution in [3.8, 4) is 0 Å². The minimum atomic E-state index is -0.626. The summed E-state index contributed by atoms with van der Waals surface area (Å²) in [4.78, 5) is 18.3. The number of fused-ring (bicyclic) bond motifs is 1. The number of carboxylic acid groups (broad SMARTS) is 1. The summed E-state index contributed by atoms with van der Waals surface area (Å²) in [6.07, 6.45) is 7.91. The maximum Gasteiger partial charge on any atom is 0.308 e. The number of nitrogens with zero attached hydrogens (tertiary/aromatic N) is 3. The predicted molar refractivity (Wildman–Crippen MR) is 75.2 cm³/mol. The van der Waals surface area contributed by atoms with E-state index in [0.29, 0.717) is 5.92 Å². The second kappa shape index (κ2) is 5.56. The normalized spacial score (nSPS) is 30.9. The van der Waals surface area contributed by atoms with Crippen LogP contribution in [0, 0.1) is 11.8 Å². The van der Waals surface area contributed by atoms with Gasteiger partial charge in [-0.25, -0.2) is 4.98 Å². The third kappa shape index (κ3) is 2.46. The van der Waals surface area contributed by atoms with Crippen LogP contribution < -0.4 is 0 Å². The molecule has 0 aromatic carbocycles. The van der Waals surface area contributed by atoms with Crippen molar-refractivity contribution in [1.82, 2.24) is 14.5 Å². The molecule has 1 aromatic rings. The molecule has 1 saturated carbocycles. The number of aromatic nitrogens is 2. The Hall–Kier alpha value is -1.36. The van der Waals surface area contributed by atoms with Gasteiger partial charge in [0.25, 0.3) is 0 Å². The fourth-order valence-electron chi connectivity index (χ4n) is 3.77. The van der Waals surface area contributed by atoms with Gasteiger partial charge >= 0.3 is 5.97 Å². The van der Waals surface area contributed by atoms with Gasteiger partial charge in [0.15, 0.2) is 0 Å². The van der Waals surface area contributed by atoms with Gasteiger partial charge in [-0.05, 0) is 25.2 Å². The van der Waals surface area contributed by atoms with Crippen molar-refractivity contribution in [2.45, 2.75) is 51.7 Å². The highest BCUT2D eigenvalue weighted by Gasteiger charge is 2.38. The van der Waals surface area contributed by atoms with Crippen LogP contribution in [0.5, 0.6) is 0 Å². The molecule has 1 aliphatic heterocycles. The van der Waals surface area contributed by atoms with Gasteiger partial charge in [0, 0.05) is 31.5 Å². The molecule has 5 nitrogen and oxygen atoms in total. The number of hydrogen-bond donors (Lipinski definition) is 1. The van der Waals surface area contributed by atoms with Crippen molar-refractivity contribution in [2.24, 2.45) is 11.8 Å². The molecule has 0 spiro atoms. The average molecular weight is 277 g/mol. The van der Waals surface area contributed by atoms with Crippen molar-refractivity contribution in [3.63, 3.8) is 0 Å². The van der Waals surface area contributed by atoms with Crippen LogP contribution in [0.3, 0.4) is 0 Å². The van der Waals surface area contributed by atoms with Gasteiger partial charge in [0.05, 0.1) is 12.5 Å². The Kier molecular flexibility index (Phi) is 3.78. The molecule has 1 N–H and O–H groups in total. The van der Waals surface area contributed by atoms with E-state index in [0.717, 1.165) is 51.1 Å². The van der Waals surface area contributed by atoms with Crippen LogP contribution in [-0.4, -0.2) is 38.1 Å². The Bertz CT molecular complexity index is 485. The van der Waals surface area contributed by atoms with E-state index in [1.165, 1.54) is 0 Å². The molecule has 2 aliphatic rings. The Morgan fingerprint density at radius 3 is 3.05 bits per heavy atom. The van der Waals surface area contributed by atoms with Crippen LogP contribution in [0.1, 0.15) is 38.4 Å². The van der Waals surface area contributed by atoms with Crippen LogP contribution in [0.15, 0.2) is 12.4 Å². The van der Waals surface area contributed by atoms with Crippen LogP contribution >= 0.6 is 0 Å². The van der Waals surface area contributed by atoms with Crippen LogP contribution in [0.25, 0.3) is 0 Å². The summed E-state index contributed by atoms with van der Waals surface area (Å²) in [7, 11) is 0. The third-order valence-electron chi connectivity index (χ3n) is 5.06. The summed E-state index contributed by atoms with van der Waals surface area (Å²) < 4.78 is 2.17. The monoisotopic (exact) mass is 277 g/mol. The number of rotatable bonds is 3. The number of carbonyl (C=O) groups is 1. The zero-order chi connectivity index (χ0) is 14.1. The first kappa shape index (κ1) is 13.6. The maximum absolute atomic E-state index is 11.6. The summed E-state index contributed by atoms with van der Waals surface area (Å²) in [6, 6.07) is 0.177. The van der Waals surface area contributed by atoms with Crippen LogP contribution in [0.2, 0.25) is 0 Å². The van der Waals surface area contributed by atoms with E-state index in [2.05, 4.69) is 21.4 Å². The fraction of sp³-hybridized carbons (Fsp3) is 0.733. The van der Waals surface area contributed by atoms with Crippen LogP contribution in [-0.2, 0) is 17.9 Å². The van der Waals surface area contributed by atoms with Crippen molar-refractivity contribution in [1.29, 1.82) is 0 Å². The highest BCUT2D eigenvalue weighted by atomic mass is 16.4. The number of imidazole rings is 1. The van der Waals surface area contributed by atoms with Gasteiger partial charge in [-0.2, -0.15) is 0 Å². The summed E-state index contributed by atoms with van der Waals surface area (Å²) in [5.74, 6) is 0.911. The molecule has 3 atom stereocenters. The minimum absolute atomic E-state index is 0.177. The molecule has 0 saturated heterocycles. The van der Waals surface area contributed by atoms with Crippen molar-refractivity contribution >= 4 is 5.97 Å². The lowest BCUT2D eigenvalue weighted by Crippen LogP contribution is -2.49. The summed E-state index contributed by atoms with van der Waals surface area (Å²) >= 11 is 0. The van der Waals surface area contributed by atoms with E-state index in [1.54, 1.807) is 0 Å². The second-order valence-corrected chi connectivity index (χ2v) is 6.11. The number of carboxylic acids is 1. The van der Waals surface area contributed by atoms with E-state index in [9.17, 15) is 9.90 Å². The maximum atomic E-state index is 11.6. The van der Waals surface area contributed by atoms with Gasteiger partial charge in [-0.1, -0.05) is 13.3 Å². The molecule has 2 heterocycles. The molecule has 3 unspecified atom stereocenters. The van der Waals surface area contributed by atoms with E-state index < -0.39 is 5.97 Å². The molecule has 3 rings (SSSR count). The highest BCUT2D eigenvalue weighted by Crippen LogP contribution is 2.35. The summed E-state index contributed by atoms with van der Waals surface area (Å²) in [5.41, 5.74) is 0. The Labute approximate surface area is 119 Å². The first-order valence-electron chi connectivity index (χ1n) is 7.66. The molecule has 1 fully saturated rings. The second-order valence-electron chi connectivity index (χ2n) is 6.11. The van der Waals surface area contributed by atoms with Gasteiger partial charge in [-0.15, -0.1) is 0 Å². The van der Waals surface area contributed by atoms with E-state index in [1.807, 2.05) is 12.4 Å². The third-order valence-corrected chi connectivity index (χ3v) is 5.06. The lowest BCUT2D eigenvalue weighted by Gasteiger charge is -2.42. The molecule has 0 radical (unpaired) electrons. The Balaban J connectivity index is 1.77. The lowest BCUT2D eigenvalue weighted by molar-refractivity contribution is -0.146. The zero-order valence-electron chi connectivity index (χ0n) is 12.0. The molecule has 5 heteroatoms. The smallest absolute Gasteiger partial charge is 0.308 e. The van der Waals surface area contributed by atoms with Gasteiger partial charge in [0.2, 0.25) is 0 Å². The van der Waals surface area contributed by atoms with E-state index in [-0.39, 0.29) is 12.0 Å². The standard InChI is InChI=1S/C15H23N3O2/c1-2-11-3-4-12(15(19)20)13(9-11)18-8-7-17-6-5-16-14(17)10-18/h5-6,11-13H,2-4,7-10H2,1H3,(H,19,20). The topological polar surface area (TPSA) is 58.4 Å².